The Kier molecular flexibility index (Phi) is 5.28. The number of carbonyl (C=O) groups excluding carboxylic acids is 1. The number of thioether (sulfide) groups is 1. The molecule has 2 rings (SSSR count). The normalized spacial score (nSPS) is 20.0. The minimum Gasteiger partial charge on any atom is -0.384 e. The van der Waals surface area contributed by atoms with Crippen LogP contribution in [0.4, 0.5) is 5.82 Å². The van der Waals surface area contributed by atoms with Gasteiger partial charge in [0, 0.05) is 24.3 Å². The number of sulfone groups is 1. The Bertz CT molecular complexity index is 643. The van der Waals surface area contributed by atoms with Gasteiger partial charge in [-0.2, -0.15) is 0 Å². The molecular formula is C13H20N4O3S2. The van der Waals surface area contributed by atoms with E-state index in [0.29, 0.717) is 23.9 Å². The molecule has 1 saturated heterocycles. The van der Waals surface area contributed by atoms with E-state index in [2.05, 4.69) is 9.97 Å². The predicted octanol–water partition coefficient (Wildman–Crippen LogP) is 0.495. The maximum absolute atomic E-state index is 12.3. The van der Waals surface area contributed by atoms with Crippen molar-refractivity contribution in [2.24, 2.45) is 0 Å². The van der Waals surface area contributed by atoms with E-state index in [-0.39, 0.29) is 29.2 Å². The van der Waals surface area contributed by atoms with Crippen molar-refractivity contribution in [1.29, 1.82) is 0 Å². The summed E-state index contributed by atoms with van der Waals surface area (Å²) in [5.41, 5.74) is 6.40. The molecule has 0 spiro atoms. The fraction of sp³-hybridized carbons (Fsp3) is 0.615. The van der Waals surface area contributed by atoms with Crippen molar-refractivity contribution >= 4 is 33.3 Å². The fourth-order valence-electron chi connectivity index (χ4n) is 2.50. The molecule has 0 aliphatic carbocycles. The summed E-state index contributed by atoms with van der Waals surface area (Å²) in [6.45, 7) is 4.16. The molecule has 1 aliphatic heterocycles. The first-order chi connectivity index (χ1) is 10.3. The molecule has 0 aromatic carbocycles. The third-order valence-corrected chi connectivity index (χ3v) is 6.07. The van der Waals surface area contributed by atoms with Crippen molar-refractivity contribution in [1.82, 2.24) is 14.9 Å². The van der Waals surface area contributed by atoms with Crippen molar-refractivity contribution in [3.8, 4) is 0 Å². The summed E-state index contributed by atoms with van der Waals surface area (Å²) < 4.78 is 23.1. The standard InChI is InChI=1S/C13H20N4O3S2/c1-3-17(10-4-5-22(19,20)8-10)12(18)7-21-13-15-9(2)6-11(14)16-13/h6,10H,3-5,7-8H2,1-2H3,(H2,14,15,16)/t10-/m1/s1. The molecule has 2 N–H and O–H groups in total. The number of hydrogen-bond acceptors (Lipinski definition) is 7. The maximum atomic E-state index is 12.3. The molecule has 22 heavy (non-hydrogen) atoms. The molecule has 0 unspecified atom stereocenters. The van der Waals surface area contributed by atoms with E-state index in [0.717, 1.165) is 5.69 Å². The minimum atomic E-state index is -3.00. The van der Waals surface area contributed by atoms with Crippen molar-refractivity contribution < 1.29 is 13.2 Å². The van der Waals surface area contributed by atoms with E-state index in [1.54, 1.807) is 11.0 Å². The number of carbonyl (C=O) groups is 1. The van der Waals surface area contributed by atoms with Gasteiger partial charge in [0.15, 0.2) is 15.0 Å². The average Bonchev–Trinajstić information content (AvgIpc) is 2.76. The summed E-state index contributed by atoms with van der Waals surface area (Å²) >= 11 is 1.22. The molecule has 0 bridgehead atoms. The summed E-state index contributed by atoms with van der Waals surface area (Å²) in [5.74, 6) is 0.666. The minimum absolute atomic E-state index is 0.0607. The van der Waals surface area contributed by atoms with Crippen LogP contribution in [-0.2, 0) is 14.6 Å². The lowest BCUT2D eigenvalue weighted by Gasteiger charge is -2.26. The van der Waals surface area contributed by atoms with Crippen LogP contribution in [0.1, 0.15) is 19.0 Å². The quantitative estimate of drug-likeness (QED) is 0.612. The largest absolute Gasteiger partial charge is 0.384 e. The molecule has 0 saturated carbocycles. The third kappa shape index (κ3) is 4.33. The number of hydrogen-bond donors (Lipinski definition) is 1. The Morgan fingerprint density at radius 2 is 2.23 bits per heavy atom. The van der Waals surface area contributed by atoms with Crippen molar-refractivity contribution in [2.45, 2.75) is 31.5 Å². The highest BCUT2D eigenvalue weighted by molar-refractivity contribution is 7.99. The van der Waals surface area contributed by atoms with Crippen LogP contribution in [0.15, 0.2) is 11.2 Å². The Labute approximate surface area is 134 Å². The molecule has 1 aliphatic rings. The fourth-order valence-corrected chi connectivity index (χ4v) is 5.03. The first kappa shape index (κ1) is 17.0. The number of nitrogens with two attached hydrogens (primary N) is 1. The summed E-state index contributed by atoms with van der Waals surface area (Å²) in [6, 6.07) is 1.44. The molecule has 2 heterocycles. The molecule has 1 aromatic rings. The van der Waals surface area contributed by atoms with Crippen LogP contribution >= 0.6 is 11.8 Å². The molecule has 1 fully saturated rings. The van der Waals surface area contributed by atoms with Gasteiger partial charge in [0.25, 0.3) is 0 Å². The number of anilines is 1. The van der Waals surface area contributed by atoms with Crippen molar-refractivity contribution in [3.05, 3.63) is 11.8 Å². The molecule has 7 nitrogen and oxygen atoms in total. The van der Waals surface area contributed by atoms with Gasteiger partial charge in [-0.3, -0.25) is 4.79 Å². The van der Waals surface area contributed by atoms with E-state index in [1.165, 1.54) is 11.8 Å². The Morgan fingerprint density at radius 1 is 1.50 bits per heavy atom. The van der Waals surface area contributed by atoms with E-state index in [4.69, 9.17) is 5.73 Å². The monoisotopic (exact) mass is 344 g/mol. The van der Waals surface area contributed by atoms with E-state index in [1.807, 2.05) is 13.8 Å². The second kappa shape index (κ2) is 6.82. The molecule has 1 aromatic heterocycles. The van der Waals surface area contributed by atoms with Gasteiger partial charge in [-0.1, -0.05) is 11.8 Å². The van der Waals surface area contributed by atoms with Gasteiger partial charge in [0.05, 0.1) is 17.3 Å². The van der Waals surface area contributed by atoms with Crippen LogP contribution in [0, 0.1) is 6.92 Å². The van der Waals surface area contributed by atoms with Crippen molar-refractivity contribution in [3.63, 3.8) is 0 Å². The highest BCUT2D eigenvalue weighted by Gasteiger charge is 2.33. The molecular weight excluding hydrogens is 324 g/mol. The number of aromatic nitrogens is 2. The second-order valence-electron chi connectivity index (χ2n) is 5.24. The van der Waals surface area contributed by atoms with Crippen LogP contribution in [-0.4, -0.2) is 59.0 Å². The SMILES string of the molecule is CCN(C(=O)CSc1nc(C)cc(N)n1)[C@@H]1CCS(=O)(=O)C1. The zero-order chi connectivity index (χ0) is 16.3. The van der Waals surface area contributed by atoms with Crippen LogP contribution in [0.25, 0.3) is 0 Å². The molecule has 122 valence electrons. The highest BCUT2D eigenvalue weighted by atomic mass is 32.2. The summed E-state index contributed by atoms with van der Waals surface area (Å²) in [5, 5.41) is 0.459. The van der Waals surface area contributed by atoms with E-state index < -0.39 is 9.84 Å². The summed E-state index contributed by atoms with van der Waals surface area (Å²) in [4.78, 5) is 22.3. The van der Waals surface area contributed by atoms with Gasteiger partial charge in [0.2, 0.25) is 5.91 Å². The van der Waals surface area contributed by atoms with Gasteiger partial charge in [0.1, 0.15) is 5.82 Å². The third-order valence-electron chi connectivity index (χ3n) is 3.49. The van der Waals surface area contributed by atoms with Crippen LogP contribution in [0.2, 0.25) is 0 Å². The molecule has 1 amide bonds. The van der Waals surface area contributed by atoms with Crippen LogP contribution < -0.4 is 5.73 Å². The average molecular weight is 344 g/mol. The smallest absolute Gasteiger partial charge is 0.233 e. The lowest BCUT2D eigenvalue weighted by molar-refractivity contribution is -0.129. The Morgan fingerprint density at radius 3 is 2.77 bits per heavy atom. The number of amides is 1. The summed E-state index contributed by atoms with van der Waals surface area (Å²) in [7, 11) is -3.00. The topological polar surface area (TPSA) is 106 Å². The zero-order valence-electron chi connectivity index (χ0n) is 12.7. The zero-order valence-corrected chi connectivity index (χ0v) is 14.3. The number of nitrogens with zero attached hydrogens (tertiary/aromatic N) is 3. The number of rotatable bonds is 5. The lowest BCUT2D eigenvalue weighted by atomic mass is 10.2. The van der Waals surface area contributed by atoms with Crippen LogP contribution in [0.5, 0.6) is 0 Å². The van der Waals surface area contributed by atoms with Gasteiger partial charge in [-0.25, -0.2) is 18.4 Å². The Hall–Kier alpha value is -1.35. The van der Waals surface area contributed by atoms with E-state index in [9.17, 15) is 13.2 Å². The molecule has 1 atom stereocenters. The predicted molar refractivity (Wildman–Crippen MR) is 86.4 cm³/mol. The Balaban J connectivity index is 1.98. The number of aryl methyl sites for hydroxylation is 1. The second-order valence-corrected chi connectivity index (χ2v) is 8.41. The van der Waals surface area contributed by atoms with Gasteiger partial charge in [-0.15, -0.1) is 0 Å². The number of nitrogen functional groups attached to an aromatic ring is 1. The highest BCUT2D eigenvalue weighted by Crippen LogP contribution is 2.20. The van der Waals surface area contributed by atoms with Gasteiger partial charge in [-0.05, 0) is 20.3 Å². The van der Waals surface area contributed by atoms with E-state index >= 15 is 0 Å². The van der Waals surface area contributed by atoms with Gasteiger partial charge < -0.3 is 10.6 Å². The first-order valence-corrected chi connectivity index (χ1v) is 9.85. The van der Waals surface area contributed by atoms with Gasteiger partial charge >= 0.3 is 0 Å². The lowest BCUT2D eigenvalue weighted by Crippen LogP contribution is -2.41. The van der Waals surface area contributed by atoms with Crippen LogP contribution in [0.3, 0.4) is 0 Å². The summed E-state index contributed by atoms with van der Waals surface area (Å²) in [6.07, 6.45) is 0.514. The first-order valence-electron chi connectivity index (χ1n) is 7.04. The van der Waals surface area contributed by atoms with Crippen molar-refractivity contribution in [2.75, 3.05) is 29.5 Å². The molecule has 0 radical (unpaired) electrons. The molecule has 9 heteroatoms. The maximum Gasteiger partial charge on any atom is 0.233 e.